The summed E-state index contributed by atoms with van der Waals surface area (Å²) in [6, 6.07) is 70.8. The maximum atomic E-state index is 5.38. The third-order valence-corrected chi connectivity index (χ3v) is 13.9. The van der Waals surface area contributed by atoms with E-state index < -0.39 is 0 Å². The Bertz CT molecular complexity index is 3520. The first kappa shape index (κ1) is 34.8. The van der Waals surface area contributed by atoms with Gasteiger partial charge < -0.3 is 0 Å². The summed E-state index contributed by atoms with van der Waals surface area (Å²) >= 11 is 1.87. The normalized spacial score (nSPS) is 13.0. The highest BCUT2D eigenvalue weighted by molar-refractivity contribution is 7.26. The smallest absolute Gasteiger partial charge is 0.160 e. The van der Waals surface area contributed by atoms with Gasteiger partial charge in [0.2, 0.25) is 0 Å². The van der Waals surface area contributed by atoms with Crippen molar-refractivity contribution in [1.29, 1.82) is 0 Å². The Hall–Kier alpha value is -7.20. The second kappa shape index (κ2) is 13.4. The van der Waals surface area contributed by atoms with Gasteiger partial charge in [-0.25, -0.2) is 9.97 Å². The molecule has 60 heavy (non-hydrogen) atoms. The molecule has 2 aromatic heterocycles. The SMILES string of the molecule is CC1(C)c2cc(-c3cc(-c4cc(-c5cccc6ccccc56)cc(-c5cccc6c5sc5ccccc56)c4)nc(-c4ccccc4)n3)ccc2-c2cc3ccccc3cc21. The zero-order chi connectivity index (χ0) is 40.0. The van der Waals surface area contributed by atoms with Crippen LogP contribution in [0.15, 0.2) is 194 Å². The van der Waals surface area contributed by atoms with Gasteiger partial charge >= 0.3 is 0 Å². The first-order valence-electron chi connectivity index (χ1n) is 20.6. The molecule has 0 unspecified atom stereocenters. The van der Waals surface area contributed by atoms with Crippen LogP contribution < -0.4 is 0 Å². The van der Waals surface area contributed by atoms with Crippen molar-refractivity contribution in [1.82, 2.24) is 9.97 Å². The topological polar surface area (TPSA) is 25.8 Å². The third kappa shape index (κ3) is 5.54. The summed E-state index contributed by atoms with van der Waals surface area (Å²) in [5.41, 5.74) is 14.8. The van der Waals surface area contributed by atoms with Crippen molar-refractivity contribution in [3.05, 3.63) is 205 Å². The first-order chi connectivity index (χ1) is 29.5. The fourth-order valence-electron chi connectivity index (χ4n) is 9.58. The van der Waals surface area contributed by atoms with Crippen molar-refractivity contribution in [2.24, 2.45) is 0 Å². The van der Waals surface area contributed by atoms with Gasteiger partial charge in [0.25, 0.3) is 0 Å². The molecule has 0 spiro atoms. The molecule has 2 nitrogen and oxygen atoms in total. The number of benzene rings is 9. The molecule has 9 aromatic carbocycles. The lowest BCUT2D eigenvalue weighted by molar-refractivity contribution is 0.661. The van der Waals surface area contributed by atoms with Gasteiger partial charge in [-0.15, -0.1) is 11.3 Å². The largest absolute Gasteiger partial charge is 0.228 e. The predicted molar refractivity (Wildman–Crippen MR) is 255 cm³/mol. The van der Waals surface area contributed by atoms with E-state index in [0.717, 1.165) is 33.6 Å². The van der Waals surface area contributed by atoms with Gasteiger partial charge in [0.1, 0.15) is 0 Å². The molecule has 3 heteroatoms. The lowest BCUT2D eigenvalue weighted by atomic mass is 9.81. The van der Waals surface area contributed by atoms with Crippen LogP contribution in [0.4, 0.5) is 0 Å². The van der Waals surface area contributed by atoms with Crippen LogP contribution in [0.25, 0.3) is 109 Å². The second-order valence-corrected chi connectivity index (χ2v) is 17.6. The van der Waals surface area contributed by atoms with Crippen LogP contribution in [0.3, 0.4) is 0 Å². The Kier molecular flexibility index (Phi) is 7.79. The van der Waals surface area contributed by atoms with Crippen LogP contribution in [-0.4, -0.2) is 9.97 Å². The van der Waals surface area contributed by atoms with Crippen molar-refractivity contribution in [2.75, 3.05) is 0 Å². The molecule has 0 N–H and O–H groups in total. The summed E-state index contributed by atoms with van der Waals surface area (Å²) in [5, 5.41) is 7.58. The van der Waals surface area contributed by atoms with Crippen LogP contribution in [0.5, 0.6) is 0 Å². The molecule has 0 fully saturated rings. The molecular formula is C57H38N2S. The summed E-state index contributed by atoms with van der Waals surface area (Å²) < 4.78 is 2.59. The van der Waals surface area contributed by atoms with E-state index in [1.807, 2.05) is 17.4 Å². The van der Waals surface area contributed by atoms with Gasteiger partial charge in [-0.3, -0.25) is 0 Å². The average Bonchev–Trinajstić information content (AvgIpc) is 3.79. The van der Waals surface area contributed by atoms with Gasteiger partial charge in [0, 0.05) is 42.3 Å². The zero-order valence-corrected chi connectivity index (χ0v) is 34.1. The Morgan fingerprint density at radius 3 is 1.80 bits per heavy atom. The molecule has 2 heterocycles. The molecule has 11 aromatic rings. The van der Waals surface area contributed by atoms with Gasteiger partial charge in [0.05, 0.1) is 11.4 Å². The molecule has 282 valence electrons. The maximum absolute atomic E-state index is 5.38. The van der Waals surface area contributed by atoms with E-state index in [1.54, 1.807) is 0 Å². The standard InChI is InChI=1S/C57H38N2S/c1-57(2)50-33-39(26-27-46(50)49-31-37-17-6-7-18-38(37)32-51(49)57)52-34-53(59-56(58-52)36-15-4-3-5-16-36)42-29-40(44-22-12-19-35-14-8-9-20-43(35)44)28-41(30-42)45-23-13-24-48-47-21-10-11-25-54(47)60-55(45)48/h3-34H,1-2H3. The fourth-order valence-corrected chi connectivity index (χ4v) is 10.8. The highest BCUT2D eigenvalue weighted by atomic mass is 32.1. The van der Waals surface area contributed by atoms with Crippen LogP contribution in [0, 0.1) is 0 Å². The highest BCUT2D eigenvalue weighted by Gasteiger charge is 2.36. The first-order valence-corrected chi connectivity index (χ1v) is 21.5. The molecule has 0 bridgehead atoms. The molecule has 0 aliphatic heterocycles. The summed E-state index contributed by atoms with van der Waals surface area (Å²) in [7, 11) is 0. The minimum absolute atomic E-state index is 0.169. The van der Waals surface area contributed by atoms with E-state index >= 15 is 0 Å². The minimum Gasteiger partial charge on any atom is -0.228 e. The molecule has 0 saturated heterocycles. The monoisotopic (exact) mass is 782 g/mol. The van der Waals surface area contributed by atoms with E-state index in [-0.39, 0.29) is 5.41 Å². The lowest BCUT2D eigenvalue weighted by Crippen LogP contribution is -2.15. The molecule has 1 aliphatic carbocycles. The molecule has 0 saturated carbocycles. The van der Waals surface area contributed by atoms with Crippen molar-refractivity contribution in [3.63, 3.8) is 0 Å². The summed E-state index contributed by atoms with van der Waals surface area (Å²) in [5.74, 6) is 0.709. The highest BCUT2D eigenvalue weighted by Crippen LogP contribution is 2.51. The van der Waals surface area contributed by atoms with Crippen LogP contribution >= 0.6 is 11.3 Å². The Balaban J connectivity index is 1.08. The average molecular weight is 783 g/mol. The molecular weight excluding hydrogens is 745 g/mol. The van der Waals surface area contributed by atoms with Crippen molar-refractivity contribution in [3.8, 4) is 67.3 Å². The molecule has 12 rings (SSSR count). The quantitative estimate of drug-likeness (QED) is 0.174. The molecule has 0 radical (unpaired) electrons. The number of aromatic nitrogens is 2. The van der Waals surface area contributed by atoms with Crippen molar-refractivity contribution < 1.29 is 0 Å². The van der Waals surface area contributed by atoms with Crippen LogP contribution in [0.1, 0.15) is 25.0 Å². The van der Waals surface area contributed by atoms with E-state index in [2.05, 4.69) is 202 Å². The summed E-state index contributed by atoms with van der Waals surface area (Å²) in [6.07, 6.45) is 0. The molecule has 0 atom stereocenters. The minimum atomic E-state index is -0.169. The Morgan fingerprint density at radius 1 is 0.367 bits per heavy atom. The summed E-state index contributed by atoms with van der Waals surface area (Å²) in [4.78, 5) is 10.7. The number of thiophene rings is 1. The van der Waals surface area contributed by atoms with E-state index in [4.69, 9.17) is 9.97 Å². The Labute approximate surface area is 353 Å². The second-order valence-electron chi connectivity index (χ2n) is 16.6. The molecule has 1 aliphatic rings. The van der Waals surface area contributed by atoms with Gasteiger partial charge in [-0.2, -0.15) is 0 Å². The number of fused-ring (bicyclic) bond motifs is 8. The number of hydrogen-bond donors (Lipinski definition) is 0. The van der Waals surface area contributed by atoms with E-state index in [9.17, 15) is 0 Å². The number of nitrogens with zero attached hydrogens (tertiary/aromatic N) is 2. The lowest BCUT2D eigenvalue weighted by Gasteiger charge is -2.22. The van der Waals surface area contributed by atoms with Gasteiger partial charge in [-0.05, 0) is 115 Å². The number of rotatable bonds is 5. The molecule has 0 amide bonds. The number of hydrogen-bond acceptors (Lipinski definition) is 3. The fraction of sp³-hybridized carbons (Fsp3) is 0.0526. The van der Waals surface area contributed by atoms with Crippen LogP contribution in [-0.2, 0) is 5.41 Å². The van der Waals surface area contributed by atoms with Gasteiger partial charge in [0.15, 0.2) is 5.82 Å². The Morgan fingerprint density at radius 2 is 0.967 bits per heavy atom. The maximum Gasteiger partial charge on any atom is 0.160 e. The third-order valence-electron chi connectivity index (χ3n) is 12.6. The van der Waals surface area contributed by atoms with Crippen LogP contribution in [0.2, 0.25) is 0 Å². The zero-order valence-electron chi connectivity index (χ0n) is 33.3. The summed E-state index contributed by atoms with van der Waals surface area (Å²) in [6.45, 7) is 4.71. The predicted octanol–water partition coefficient (Wildman–Crippen LogP) is 15.8. The van der Waals surface area contributed by atoms with E-state index in [1.165, 1.54) is 80.7 Å². The van der Waals surface area contributed by atoms with Gasteiger partial charge in [-0.1, -0.05) is 159 Å². The van der Waals surface area contributed by atoms with Crippen molar-refractivity contribution in [2.45, 2.75) is 19.3 Å². The van der Waals surface area contributed by atoms with Crippen molar-refractivity contribution >= 4 is 53.1 Å². The van der Waals surface area contributed by atoms with E-state index in [0.29, 0.717) is 5.82 Å².